The van der Waals surface area contributed by atoms with Crippen molar-refractivity contribution in [2.24, 2.45) is 5.41 Å². The Balaban J connectivity index is 2.70. The highest BCUT2D eigenvalue weighted by Gasteiger charge is 2.19. The van der Waals surface area contributed by atoms with Gasteiger partial charge in [0.25, 0.3) is 0 Å². The normalized spacial score (nSPS) is 13.8. The topological polar surface area (TPSA) is 32.3 Å². The molecule has 0 saturated carbocycles. The molecule has 0 fully saturated rings. The van der Waals surface area contributed by atoms with Crippen molar-refractivity contribution < 1.29 is 13.9 Å². The molecule has 17 heavy (non-hydrogen) atoms. The van der Waals surface area contributed by atoms with Crippen LogP contribution in [0.3, 0.4) is 0 Å². The zero-order valence-corrected chi connectivity index (χ0v) is 10.4. The van der Waals surface area contributed by atoms with E-state index in [9.17, 15) is 8.78 Å². The minimum Gasteiger partial charge on any atom is -0.396 e. The molecule has 0 heterocycles. The van der Waals surface area contributed by atoms with E-state index in [4.69, 9.17) is 5.11 Å². The number of benzene rings is 1. The first-order valence-electron chi connectivity index (χ1n) is 5.65. The third-order valence-corrected chi connectivity index (χ3v) is 2.74. The van der Waals surface area contributed by atoms with Crippen molar-refractivity contribution in [3.8, 4) is 0 Å². The molecule has 0 aromatic heterocycles. The van der Waals surface area contributed by atoms with E-state index in [0.717, 1.165) is 12.1 Å². The van der Waals surface area contributed by atoms with Crippen molar-refractivity contribution in [1.29, 1.82) is 0 Å². The van der Waals surface area contributed by atoms with E-state index in [2.05, 4.69) is 5.32 Å². The molecule has 0 aliphatic heterocycles. The average molecular weight is 243 g/mol. The molecule has 1 unspecified atom stereocenters. The molecule has 0 aliphatic rings. The maximum atomic E-state index is 13.5. The Labute approximate surface area is 101 Å². The number of hydrogen-bond acceptors (Lipinski definition) is 2. The van der Waals surface area contributed by atoms with E-state index >= 15 is 0 Å². The highest BCUT2D eigenvalue weighted by atomic mass is 19.1. The molecular formula is C13H19F2NO. The Morgan fingerprint density at radius 3 is 2.59 bits per heavy atom. The maximum Gasteiger partial charge on any atom is 0.128 e. The van der Waals surface area contributed by atoms with E-state index in [-0.39, 0.29) is 18.1 Å². The first-order chi connectivity index (χ1) is 7.85. The lowest BCUT2D eigenvalue weighted by molar-refractivity contribution is 0.153. The second-order valence-corrected chi connectivity index (χ2v) is 5.09. The Morgan fingerprint density at radius 1 is 1.35 bits per heavy atom. The first-order valence-corrected chi connectivity index (χ1v) is 5.65. The molecule has 96 valence electrons. The minimum atomic E-state index is -0.448. The van der Waals surface area contributed by atoms with Crippen LogP contribution < -0.4 is 5.32 Å². The summed E-state index contributed by atoms with van der Waals surface area (Å²) in [5.74, 6) is -0.871. The molecule has 0 radical (unpaired) electrons. The highest BCUT2D eigenvalue weighted by Crippen LogP contribution is 2.20. The standard InChI is InChI=1S/C13H19F2NO/c1-9(16-7-13(2,3)8-17)11-6-10(14)4-5-12(11)15/h4-6,9,16-17H,7-8H2,1-3H3. The lowest BCUT2D eigenvalue weighted by Gasteiger charge is -2.25. The Kier molecular flexibility index (Phi) is 4.60. The van der Waals surface area contributed by atoms with Crippen LogP contribution in [0.1, 0.15) is 32.4 Å². The highest BCUT2D eigenvalue weighted by molar-refractivity contribution is 5.21. The summed E-state index contributed by atoms with van der Waals surface area (Å²) in [6.07, 6.45) is 0. The summed E-state index contributed by atoms with van der Waals surface area (Å²) >= 11 is 0. The summed E-state index contributed by atoms with van der Waals surface area (Å²) in [5.41, 5.74) is 0.0247. The molecular weight excluding hydrogens is 224 g/mol. The number of rotatable bonds is 5. The number of hydrogen-bond donors (Lipinski definition) is 2. The van der Waals surface area contributed by atoms with E-state index in [1.165, 1.54) is 6.07 Å². The monoisotopic (exact) mass is 243 g/mol. The van der Waals surface area contributed by atoms with Gasteiger partial charge < -0.3 is 10.4 Å². The van der Waals surface area contributed by atoms with Gasteiger partial charge in [0, 0.05) is 30.2 Å². The third-order valence-electron chi connectivity index (χ3n) is 2.74. The van der Waals surface area contributed by atoms with Crippen LogP contribution in [-0.2, 0) is 0 Å². The molecule has 1 rings (SSSR count). The Bertz CT molecular complexity index is 380. The SMILES string of the molecule is CC(NCC(C)(C)CO)c1cc(F)ccc1F. The van der Waals surface area contributed by atoms with Gasteiger partial charge in [-0.15, -0.1) is 0 Å². The molecule has 1 aromatic carbocycles. The van der Waals surface area contributed by atoms with Gasteiger partial charge in [0.1, 0.15) is 11.6 Å². The predicted molar refractivity (Wildman–Crippen MR) is 63.6 cm³/mol. The van der Waals surface area contributed by atoms with Crippen LogP contribution in [-0.4, -0.2) is 18.3 Å². The third kappa shape index (κ3) is 4.06. The van der Waals surface area contributed by atoms with Crippen molar-refractivity contribution in [1.82, 2.24) is 5.32 Å². The van der Waals surface area contributed by atoms with Crippen LogP contribution in [0.15, 0.2) is 18.2 Å². The smallest absolute Gasteiger partial charge is 0.128 e. The van der Waals surface area contributed by atoms with Crippen molar-refractivity contribution >= 4 is 0 Å². The van der Waals surface area contributed by atoms with Gasteiger partial charge in [-0.2, -0.15) is 0 Å². The summed E-state index contributed by atoms with van der Waals surface area (Å²) in [6, 6.07) is 3.12. The molecule has 2 nitrogen and oxygen atoms in total. The fourth-order valence-corrected chi connectivity index (χ4v) is 1.44. The van der Waals surface area contributed by atoms with Gasteiger partial charge in [0.15, 0.2) is 0 Å². The summed E-state index contributed by atoms with van der Waals surface area (Å²) in [7, 11) is 0. The lowest BCUT2D eigenvalue weighted by atomic mass is 9.94. The fourth-order valence-electron chi connectivity index (χ4n) is 1.44. The van der Waals surface area contributed by atoms with E-state index < -0.39 is 11.6 Å². The van der Waals surface area contributed by atoms with Crippen molar-refractivity contribution in [3.05, 3.63) is 35.4 Å². The van der Waals surface area contributed by atoms with Crippen LogP contribution in [0.2, 0.25) is 0 Å². The van der Waals surface area contributed by atoms with E-state index in [1.54, 1.807) is 6.92 Å². The molecule has 2 N–H and O–H groups in total. The minimum absolute atomic E-state index is 0.0400. The lowest BCUT2D eigenvalue weighted by Crippen LogP contribution is -2.34. The summed E-state index contributed by atoms with van der Waals surface area (Å²) in [4.78, 5) is 0. The van der Waals surface area contributed by atoms with Crippen LogP contribution in [0.5, 0.6) is 0 Å². The maximum absolute atomic E-state index is 13.5. The van der Waals surface area contributed by atoms with Gasteiger partial charge >= 0.3 is 0 Å². The van der Waals surface area contributed by atoms with E-state index in [0.29, 0.717) is 12.1 Å². The van der Waals surface area contributed by atoms with Crippen LogP contribution in [0.25, 0.3) is 0 Å². The summed E-state index contributed by atoms with van der Waals surface area (Å²) < 4.78 is 26.5. The molecule has 0 saturated heterocycles. The number of aliphatic hydroxyl groups excluding tert-OH is 1. The molecule has 0 spiro atoms. The van der Waals surface area contributed by atoms with Crippen LogP contribution in [0, 0.1) is 17.0 Å². The molecule has 1 aromatic rings. The molecule has 0 aliphatic carbocycles. The summed E-state index contributed by atoms with van der Waals surface area (Å²) in [6.45, 7) is 6.13. The fraction of sp³-hybridized carbons (Fsp3) is 0.538. The number of aliphatic hydroxyl groups is 1. The van der Waals surface area contributed by atoms with Crippen LogP contribution >= 0.6 is 0 Å². The first kappa shape index (κ1) is 14.1. The zero-order chi connectivity index (χ0) is 13.1. The molecule has 4 heteroatoms. The van der Waals surface area contributed by atoms with Crippen molar-refractivity contribution in [2.75, 3.05) is 13.2 Å². The number of nitrogens with one attached hydrogen (secondary N) is 1. The van der Waals surface area contributed by atoms with Gasteiger partial charge in [-0.3, -0.25) is 0 Å². The van der Waals surface area contributed by atoms with Gasteiger partial charge in [0.2, 0.25) is 0 Å². The molecule has 0 bridgehead atoms. The van der Waals surface area contributed by atoms with E-state index in [1.807, 2.05) is 13.8 Å². The molecule has 1 atom stereocenters. The molecule has 0 amide bonds. The second kappa shape index (κ2) is 5.56. The quantitative estimate of drug-likeness (QED) is 0.833. The predicted octanol–water partition coefficient (Wildman–Crippen LogP) is 2.63. The van der Waals surface area contributed by atoms with Gasteiger partial charge in [-0.05, 0) is 25.1 Å². The second-order valence-electron chi connectivity index (χ2n) is 5.09. The van der Waals surface area contributed by atoms with Crippen LogP contribution in [0.4, 0.5) is 8.78 Å². The van der Waals surface area contributed by atoms with Gasteiger partial charge in [-0.25, -0.2) is 8.78 Å². The largest absolute Gasteiger partial charge is 0.396 e. The zero-order valence-electron chi connectivity index (χ0n) is 10.4. The Hall–Kier alpha value is -1.00. The van der Waals surface area contributed by atoms with Gasteiger partial charge in [0.05, 0.1) is 0 Å². The van der Waals surface area contributed by atoms with Crippen molar-refractivity contribution in [3.63, 3.8) is 0 Å². The average Bonchev–Trinajstić information content (AvgIpc) is 2.29. The Morgan fingerprint density at radius 2 is 2.00 bits per heavy atom. The van der Waals surface area contributed by atoms with Gasteiger partial charge in [-0.1, -0.05) is 13.8 Å². The van der Waals surface area contributed by atoms with Crippen molar-refractivity contribution in [2.45, 2.75) is 26.8 Å². The number of halogens is 2. The summed E-state index contributed by atoms with van der Waals surface area (Å²) in [5, 5.41) is 12.2.